The van der Waals surface area contributed by atoms with Crippen LogP contribution in [0.2, 0.25) is 0 Å². The lowest BCUT2D eigenvalue weighted by atomic mass is 9.85. The van der Waals surface area contributed by atoms with E-state index in [1.54, 1.807) is 48.4 Å². The van der Waals surface area contributed by atoms with Gasteiger partial charge in [-0.05, 0) is 47.9 Å². The molecule has 4 bridgehead atoms. The smallest absolute Gasteiger partial charge is 0.307 e. The number of nitrogens with one attached hydrogen (secondary N) is 1. The number of aromatic amines is 1. The summed E-state index contributed by atoms with van der Waals surface area (Å²) in [7, 11) is -1.76. The highest BCUT2D eigenvalue weighted by Gasteiger charge is 2.29. The zero-order chi connectivity index (χ0) is 32.6. The molecule has 0 amide bonds. The van der Waals surface area contributed by atoms with E-state index in [-0.39, 0.29) is 36.0 Å². The summed E-state index contributed by atoms with van der Waals surface area (Å²) in [6.07, 6.45) is 5.14. The maximum absolute atomic E-state index is 15.6. The van der Waals surface area contributed by atoms with Crippen molar-refractivity contribution in [3.8, 4) is 23.0 Å². The average Bonchev–Trinajstić information content (AvgIpc) is 3.60. The van der Waals surface area contributed by atoms with Crippen LogP contribution in [0.4, 0.5) is 4.39 Å². The molecule has 0 radical (unpaired) electrons. The van der Waals surface area contributed by atoms with E-state index in [2.05, 4.69) is 9.97 Å². The molecule has 0 spiro atoms. The van der Waals surface area contributed by atoms with Gasteiger partial charge in [-0.15, -0.1) is 0 Å². The predicted molar refractivity (Wildman–Crippen MR) is 172 cm³/mol. The van der Waals surface area contributed by atoms with Crippen LogP contribution in [-0.4, -0.2) is 55.7 Å². The topological polar surface area (TPSA) is 140 Å². The maximum atomic E-state index is 15.6. The van der Waals surface area contributed by atoms with E-state index >= 15 is 4.39 Å². The molecule has 1 aliphatic rings. The number of rotatable bonds is 3. The van der Waals surface area contributed by atoms with E-state index in [4.69, 9.17) is 14.8 Å². The normalized spacial score (nSPS) is 18.2. The average molecular weight is 646 g/mol. The summed E-state index contributed by atoms with van der Waals surface area (Å²) in [5.74, 6) is -0.676. The number of aliphatic carboxylic acids is 1. The van der Waals surface area contributed by atoms with Gasteiger partial charge in [0.05, 0.1) is 17.9 Å². The number of halogens is 1. The number of pyridine rings is 1. The molecule has 46 heavy (non-hydrogen) atoms. The van der Waals surface area contributed by atoms with Crippen molar-refractivity contribution in [1.82, 2.24) is 24.7 Å². The fraction of sp³-hybridized carbons (Fsp3) is 0.353. The standard InChI is InChI=1S/C34H36FN5O5S/c1-34(2)12-5-8-24(22-7-4-6-21(16-22)17-30(41)42)32-38-33(40(3)39-32)29-18-23(9-13-37-29)45-31-26(11-15-46(43,44)20-34)25-10-14-36-28(25)19-27(31)35/h4,6-7,9-10,13-14,16,18-19,24,36H,5,8,11-12,15,17,20H2,1-3H3,(H,41,42). The van der Waals surface area contributed by atoms with Crippen LogP contribution in [0.1, 0.15) is 61.5 Å². The SMILES string of the molecule is Cn1nc2nc1-c1cc(ccn1)Oc1c(F)cc3[nH]ccc3c1CCS(=O)(=O)CC(C)(C)CCCC2c1cccc(CC(=O)O)c1. The monoisotopic (exact) mass is 645 g/mol. The zero-order valence-corrected chi connectivity index (χ0v) is 26.8. The first kappa shape index (κ1) is 31.4. The third-order valence-electron chi connectivity index (χ3n) is 8.47. The molecule has 3 aromatic heterocycles. The molecule has 10 nitrogen and oxygen atoms in total. The third-order valence-corrected chi connectivity index (χ3v) is 10.5. The lowest BCUT2D eigenvalue weighted by molar-refractivity contribution is -0.136. The van der Waals surface area contributed by atoms with Gasteiger partial charge in [-0.25, -0.2) is 22.5 Å². The minimum Gasteiger partial charge on any atom is -0.481 e. The van der Waals surface area contributed by atoms with Gasteiger partial charge in [-0.3, -0.25) is 9.78 Å². The number of nitrogens with zero attached hydrogens (tertiary/aromatic N) is 4. The zero-order valence-electron chi connectivity index (χ0n) is 26.0. The summed E-state index contributed by atoms with van der Waals surface area (Å²) < 4.78 is 50.4. The highest BCUT2D eigenvalue weighted by Crippen LogP contribution is 2.37. The first-order valence-corrected chi connectivity index (χ1v) is 17.0. The quantitative estimate of drug-likeness (QED) is 0.236. The van der Waals surface area contributed by atoms with Crippen molar-refractivity contribution < 1.29 is 27.4 Å². The number of aryl methyl sites for hydroxylation is 2. The Morgan fingerprint density at radius 1 is 1.20 bits per heavy atom. The van der Waals surface area contributed by atoms with E-state index in [9.17, 15) is 18.3 Å². The summed E-state index contributed by atoms with van der Waals surface area (Å²) >= 11 is 0. The Balaban J connectivity index is 1.46. The van der Waals surface area contributed by atoms with Gasteiger partial charge < -0.3 is 14.8 Å². The molecule has 240 valence electrons. The van der Waals surface area contributed by atoms with Crippen LogP contribution in [0, 0.1) is 11.2 Å². The molecule has 12 heteroatoms. The second-order valence-electron chi connectivity index (χ2n) is 12.8. The van der Waals surface area contributed by atoms with Gasteiger partial charge in [0.2, 0.25) is 0 Å². The molecular weight excluding hydrogens is 609 g/mol. The number of ether oxygens (including phenoxy) is 1. The third kappa shape index (κ3) is 6.81. The van der Waals surface area contributed by atoms with E-state index in [1.807, 2.05) is 32.0 Å². The van der Waals surface area contributed by atoms with Crippen molar-refractivity contribution in [1.29, 1.82) is 0 Å². The van der Waals surface area contributed by atoms with Crippen molar-refractivity contribution in [3.63, 3.8) is 0 Å². The number of carbonyl (C=O) groups is 1. The molecule has 0 saturated heterocycles. The number of H-pyrrole nitrogens is 1. The lowest BCUT2D eigenvalue weighted by Crippen LogP contribution is -2.27. The van der Waals surface area contributed by atoms with Crippen LogP contribution < -0.4 is 4.74 Å². The highest BCUT2D eigenvalue weighted by atomic mass is 32.2. The summed E-state index contributed by atoms with van der Waals surface area (Å²) in [4.78, 5) is 23.9. The van der Waals surface area contributed by atoms with Crippen LogP contribution in [-0.2, 0) is 34.5 Å². The van der Waals surface area contributed by atoms with Crippen LogP contribution >= 0.6 is 0 Å². The molecule has 2 aromatic carbocycles. The maximum Gasteiger partial charge on any atom is 0.307 e. The summed E-state index contributed by atoms with van der Waals surface area (Å²) in [6.45, 7) is 3.89. The Morgan fingerprint density at radius 2 is 2.02 bits per heavy atom. The van der Waals surface area contributed by atoms with E-state index in [1.165, 1.54) is 6.07 Å². The van der Waals surface area contributed by atoms with Crippen molar-refractivity contribution in [2.45, 2.75) is 51.9 Å². The van der Waals surface area contributed by atoms with Crippen LogP contribution in [0.15, 0.2) is 60.9 Å². The van der Waals surface area contributed by atoms with Crippen molar-refractivity contribution >= 4 is 26.7 Å². The number of carboxylic acid groups (broad SMARTS) is 1. The van der Waals surface area contributed by atoms with Crippen molar-refractivity contribution in [2.24, 2.45) is 12.5 Å². The number of aromatic nitrogens is 5. The Bertz CT molecular complexity index is 2030. The van der Waals surface area contributed by atoms with Gasteiger partial charge in [0.25, 0.3) is 0 Å². The number of sulfone groups is 1. The summed E-state index contributed by atoms with van der Waals surface area (Å²) in [5, 5.41) is 14.8. The lowest BCUT2D eigenvalue weighted by Gasteiger charge is -2.25. The first-order valence-electron chi connectivity index (χ1n) is 15.2. The van der Waals surface area contributed by atoms with Gasteiger partial charge in [0.1, 0.15) is 11.4 Å². The molecule has 5 aromatic rings. The van der Waals surface area contributed by atoms with Crippen molar-refractivity contribution in [2.75, 3.05) is 11.5 Å². The molecule has 0 saturated carbocycles. The van der Waals surface area contributed by atoms with Gasteiger partial charge in [0, 0.05) is 54.0 Å². The summed E-state index contributed by atoms with van der Waals surface area (Å²) in [6, 6.07) is 13.8. The minimum absolute atomic E-state index is 0.0275. The number of benzene rings is 2. The minimum atomic E-state index is -3.53. The second kappa shape index (κ2) is 12.3. The van der Waals surface area contributed by atoms with Gasteiger partial charge in [0.15, 0.2) is 33.1 Å². The molecule has 0 aliphatic carbocycles. The number of carboxylic acids is 1. The van der Waals surface area contributed by atoms with Crippen LogP contribution in [0.3, 0.4) is 0 Å². The van der Waals surface area contributed by atoms with E-state index in [0.717, 1.165) is 5.56 Å². The van der Waals surface area contributed by atoms with Gasteiger partial charge in [-0.2, -0.15) is 5.10 Å². The Hall–Kier alpha value is -4.58. The molecule has 1 atom stereocenters. The molecule has 1 unspecified atom stereocenters. The molecule has 6 rings (SSSR count). The highest BCUT2D eigenvalue weighted by molar-refractivity contribution is 7.91. The Kier molecular flexibility index (Phi) is 8.41. The van der Waals surface area contributed by atoms with Crippen molar-refractivity contribution in [3.05, 3.63) is 89.3 Å². The predicted octanol–water partition coefficient (Wildman–Crippen LogP) is 6.22. The fourth-order valence-electron chi connectivity index (χ4n) is 6.39. The van der Waals surface area contributed by atoms with Gasteiger partial charge >= 0.3 is 5.97 Å². The van der Waals surface area contributed by atoms with Crippen LogP contribution in [0.5, 0.6) is 11.5 Å². The van der Waals surface area contributed by atoms with E-state index in [0.29, 0.717) is 64.4 Å². The van der Waals surface area contributed by atoms with E-state index < -0.39 is 27.0 Å². The molecule has 1 aliphatic heterocycles. The molecule has 0 fully saturated rings. The number of hydrogen-bond acceptors (Lipinski definition) is 7. The summed E-state index contributed by atoms with van der Waals surface area (Å²) in [5.41, 5.74) is 2.52. The fourth-order valence-corrected chi connectivity index (χ4v) is 8.39. The van der Waals surface area contributed by atoms with Crippen LogP contribution in [0.25, 0.3) is 22.4 Å². The number of fused-ring (bicyclic) bond motifs is 8. The largest absolute Gasteiger partial charge is 0.481 e. The van der Waals surface area contributed by atoms with Gasteiger partial charge in [-0.1, -0.05) is 44.5 Å². The second-order valence-corrected chi connectivity index (χ2v) is 15.0. The Morgan fingerprint density at radius 3 is 2.83 bits per heavy atom. The number of hydrogen-bond donors (Lipinski definition) is 2. The molecule has 2 N–H and O–H groups in total. The molecular formula is C34H36FN5O5S. The Labute approximate surface area is 266 Å². The first-order chi connectivity index (χ1) is 21.9. The molecule has 4 heterocycles.